The van der Waals surface area contributed by atoms with E-state index in [9.17, 15) is 29.1 Å². The van der Waals surface area contributed by atoms with Gasteiger partial charge in [0.05, 0.1) is 6.54 Å². The van der Waals surface area contributed by atoms with E-state index in [0.29, 0.717) is 6.42 Å². The topological polar surface area (TPSA) is 194 Å². The van der Waals surface area contributed by atoms with Gasteiger partial charge in [0.2, 0.25) is 23.6 Å². The van der Waals surface area contributed by atoms with Crippen molar-refractivity contribution in [1.29, 1.82) is 0 Å². The molecule has 0 aromatic rings. The van der Waals surface area contributed by atoms with Crippen LogP contribution in [0.4, 0.5) is 0 Å². The molecule has 0 spiro atoms. The first-order valence-corrected chi connectivity index (χ1v) is 9.55. The summed E-state index contributed by atoms with van der Waals surface area (Å²) in [7, 11) is 0. The normalized spacial score (nSPS) is 15.0. The van der Waals surface area contributed by atoms with Crippen LogP contribution in [0.15, 0.2) is 0 Å². The van der Waals surface area contributed by atoms with E-state index in [1.54, 1.807) is 20.8 Å². The zero-order valence-electron chi connectivity index (χ0n) is 17.4. The number of primary amides is 1. The van der Waals surface area contributed by atoms with Crippen molar-refractivity contribution in [3.8, 4) is 0 Å². The minimum absolute atomic E-state index is 0.0640. The average molecular weight is 415 g/mol. The number of amides is 4. The highest BCUT2D eigenvalue weighted by atomic mass is 16.4. The summed E-state index contributed by atoms with van der Waals surface area (Å²) in [5, 5.41) is 16.7. The van der Waals surface area contributed by atoms with Crippen molar-refractivity contribution in [2.45, 2.75) is 65.1 Å². The van der Waals surface area contributed by atoms with Crippen molar-refractivity contribution < 1.29 is 29.1 Å². The molecule has 166 valence electrons. The molecule has 11 nitrogen and oxygen atoms in total. The number of carboxylic acid groups (broad SMARTS) is 1. The second-order valence-corrected chi connectivity index (χ2v) is 7.27. The Balaban J connectivity index is 5.45. The summed E-state index contributed by atoms with van der Waals surface area (Å²) in [6.45, 7) is 6.49. The van der Waals surface area contributed by atoms with Crippen molar-refractivity contribution in [2.24, 2.45) is 23.3 Å². The van der Waals surface area contributed by atoms with Crippen LogP contribution in [0.25, 0.3) is 0 Å². The number of nitrogens with two attached hydrogens (primary N) is 2. The van der Waals surface area contributed by atoms with Crippen LogP contribution < -0.4 is 27.4 Å². The molecular formula is C18H33N5O6. The molecule has 4 unspecified atom stereocenters. The zero-order chi connectivity index (χ0) is 22.7. The third-order valence-corrected chi connectivity index (χ3v) is 4.54. The van der Waals surface area contributed by atoms with Crippen LogP contribution in [-0.4, -0.2) is 59.4 Å². The first-order valence-electron chi connectivity index (χ1n) is 9.55. The Morgan fingerprint density at radius 1 is 0.931 bits per heavy atom. The Morgan fingerprint density at radius 3 is 1.90 bits per heavy atom. The van der Waals surface area contributed by atoms with Crippen molar-refractivity contribution >= 4 is 29.6 Å². The summed E-state index contributed by atoms with van der Waals surface area (Å²) in [6, 6.07) is -3.26. The van der Waals surface area contributed by atoms with E-state index in [0.717, 1.165) is 0 Å². The fourth-order valence-corrected chi connectivity index (χ4v) is 2.52. The lowest BCUT2D eigenvalue weighted by molar-refractivity contribution is -0.144. The fraction of sp³-hybridized carbons (Fsp3) is 0.722. The van der Waals surface area contributed by atoms with Gasteiger partial charge in [-0.25, -0.2) is 4.79 Å². The monoisotopic (exact) mass is 415 g/mol. The van der Waals surface area contributed by atoms with Gasteiger partial charge < -0.3 is 32.5 Å². The molecule has 0 aromatic heterocycles. The van der Waals surface area contributed by atoms with Gasteiger partial charge >= 0.3 is 5.97 Å². The van der Waals surface area contributed by atoms with Crippen LogP contribution in [-0.2, 0) is 24.0 Å². The molecule has 0 saturated heterocycles. The van der Waals surface area contributed by atoms with Crippen molar-refractivity contribution in [3.63, 3.8) is 0 Å². The zero-order valence-corrected chi connectivity index (χ0v) is 17.4. The molecule has 11 heteroatoms. The average Bonchev–Trinajstić information content (AvgIpc) is 2.65. The van der Waals surface area contributed by atoms with Crippen LogP contribution in [0.5, 0.6) is 0 Å². The summed E-state index contributed by atoms with van der Waals surface area (Å²) >= 11 is 0. The van der Waals surface area contributed by atoms with Gasteiger partial charge in [-0.05, 0) is 18.3 Å². The van der Waals surface area contributed by atoms with Crippen LogP contribution in [0.1, 0.15) is 47.0 Å². The van der Waals surface area contributed by atoms with Crippen LogP contribution in [0, 0.1) is 11.8 Å². The molecule has 4 amide bonds. The van der Waals surface area contributed by atoms with E-state index in [4.69, 9.17) is 11.5 Å². The first-order chi connectivity index (χ1) is 13.4. The largest absolute Gasteiger partial charge is 0.480 e. The van der Waals surface area contributed by atoms with E-state index >= 15 is 0 Å². The third-order valence-electron chi connectivity index (χ3n) is 4.54. The van der Waals surface area contributed by atoms with E-state index in [1.165, 1.54) is 0 Å². The number of nitrogens with one attached hydrogen (secondary N) is 3. The van der Waals surface area contributed by atoms with Gasteiger partial charge in [0, 0.05) is 6.42 Å². The van der Waals surface area contributed by atoms with Crippen molar-refractivity contribution in [1.82, 2.24) is 16.0 Å². The number of rotatable bonds is 13. The summed E-state index contributed by atoms with van der Waals surface area (Å²) in [5.74, 6) is -4.46. The molecule has 8 N–H and O–H groups in total. The number of hydrogen-bond donors (Lipinski definition) is 6. The van der Waals surface area contributed by atoms with Crippen molar-refractivity contribution in [3.05, 3.63) is 0 Å². The van der Waals surface area contributed by atoms with E-state index < -0.39 is 47.7 Å². The molecule has 0 radical (unpaired) electrons. The van der Waals surface area contributed by atoms with Crippen molar-refractivity contribution in [2.75, 3.05) is 6.54 Å². The SMILES string of the molecule is CCC(C)C(NC(=O)C(CCC(N)=O)NC(=O)CN)C(=O)NC(C(=O)O)C(C)C. The predicted molar refractivity (Wildman–Crippen MR) is 105 cm³/mol. The molecule has 0 rings (SSSR count). The van der Waals surface area contributed by atoms with Crippen LogP contribution >= 0.6 is 0 Å². The van der Waals surface area contributed by atoms with E-state index in [1.807, 2.05) is 6.92 Å². The standard InChI is InChI=1S/C18H33N5O6/c1-5-10(4)15(17(27)22-14(9(2)3)18(28)29)23-16(26)11(6-7-12(20)24)21-13(25)8-19/h9-11,14-15H,5-8,19H2,1-4H3,(H2,20,24)(H,21,25)(H,22,27)(H,23,26)(H,28,29). The predicted octanol–water partition coefficient (Wildman–Crippen LogP) is -1.55. The third kappa shape index (κ3) is 9.37. The quantitative estimate of drug-likeness (QED) is 0.209. The summed E-state index contributed by atoms with van der Waals surface area (Å²) in [6.07, 6.45) is 0.308. The number of carbonyl (C=O) groups is 5. The van der Waals surface area contributed by atoms with Gasteiger partial charge in [0.15, 0.2) is 0 Å². The minimum atomic E-state index is -1.18. The number of aliphatic carboxylic acids is 1. The second-order valence-electron chi connectivity index (χ2n) is 7.27. The highest BCUT2D eigenvalue weighted by molar-refractivity contribution is 5.94. The molecule has 0 aliphatic carbocycles. The molecular weight excluding hydrogens is 382 g/mol. The lowest BCUT2D eigenvalue weighted by atomic mass is 9.96. The Morgan fingerprint density at radius 2 is 1.48 bits per heavy atom. The lowest BCUT2D eigenvalue weighted by Gasteiger charge is -2.28. The molecule has 0 fully saturated rings. The molecule has 0 heterocycles. The highest BCUT2D eigenvalue weighted by Gasteiger charge is 2.33. The molecule has 0 saturated carbocycles. The Bertz CT molecular complexity index is 610. The molecule has 0 aliphatic rings. The lowest BCUT2D eigenvalue weighted by Crippen LogP contribution is -2.58. The number of carboxylic acids is 1. The van der Waals surface area contributed by atoms with Crippen LogP contribution in [0.3, 0.4) is 0 Å². The first kappa shape index (κ1) is 26.3. The maximum absolute atomic E-state index is 12.7. The molecule has 29 heavy (non-hydrogen) atoms. The smallest absolute Gasteiger partial charge is 0.326 e. The number of carbonyl (C=O) groups excluding carboxylic acids is 4. The van der Waals surface area contributed by atoms with Gasteiger partial charge in [-0.15, -0.1) is 0 Å². The molecule has 0 aromatic carbocycles. The van der Waals surface area contributed by atoms with Gasteiger partial charge in [0.1, 0.15) is 18.1 Å². The van der Waals surface area contributed by atoms with Gasteiger partial charge in [-0.3, -0.25) is 19.2 Å². The molecule has 4 atom stereocenters. The second kappa shape index (κ2) is 12.7. The summed E-state index contributed by atoms with van der Waals surface area (Å²) < 4.78 is 0. The molecule has 0 aliphatic heterocycles. The Labute approximate surface area is 170 Å². The summed E-state index contributed by atoms with van der Waals surface area (Å²) in [5.41, 5.74) is 10.4. The van der Waals surface area contributed by atoms with Gasteiger partial charge in [0.25, 0.3) is 0 Å². The Kier molecular flexibility index (Phi) is 11.5. The fourth-order valence-electron chi connectivity index (χ4n) is 2.52. The maximum atomic E-state index is 12.7. The van der Waals surface area contributed by atoms with Crippen LogP contribution in [0.2, 0.25) is 0 Å². The maximum Gasteiger partial charge on any atom is 0.326 e. The minimum Gasteiger partial charge on any atom is -0.480 e. The van der Waals surface area contributed by atoms with E-state index in [-0.39, 0.29) is 31.2 Å². The summed E-state index contributed by atoms with van der Waals surface area (Å²) in [4.78, 5) is 59.4. The van der Waals surface area contributed by atoms with Gasteiger partial charge in [-0.1, -0.05) is 34.1 Å². The van der Waals surface area contributed by atoms with Gasteiger partial charge in [-0.2, -0.15) is 0 Å². The highest BCUT2D eigenvalue weighted by Crippen LogP contribution is 2.11. The van der Waals surface area contributed by atoms with E-state index in [2.05, 4.69) is 16.0 Å². The Hall–Kier alpha value is -2.69. The molecule has 0 bridgehead atoms. The number of hydrogen-bond acceptors (Lipinski definition) is 6.